The Bertz CT molecular complexity index is 1340. The van der Waals surface area contributed by atoms with Gasteiger partial charge in [0, 0.05) is 49.9 Å². The Morgan fingerprint density at radius 2 is 1.53 bits per heavy atom. The third kappa shape index (κ3) is 4.45. The predicted molar refractivity (Wildman–Crippen MR) is 145 cm³/mol. The van der Waals surface area contributed by atoms with Crippen LogP contribution in [0.2, 0.25) is 0 Å². The standard InChI is InChI=1S/C29H30N4O5/c1-31-14-16-32(17-15-31)20-9-11-21(12-10-20)33-26(19-6-5-13-30-18-19)25(28(35)29(33)36)27(34)24-22(37-2)7-4-8-23(24)38-3/h4-13,18,26,34H,14-17H2,1-3H3/b27-25+. The van der Waals surface area contributed by atoms with Crippen molar-refractivity contribution in [2.75, 3.05) is 57.2 Å². The zero-order chi connectivity index (χ0) is 26.8. The van der Waals surface area contributed by atoms with Crippen LogP contribution in [0.25, 0.3) is 5.76 Å². The molecule has 2 aromatic carbocycles. The van der Waals surface area contributed by atoms with E-state index in [1.54, 1.807) is 42.7 Å². The van der Waals surface area contributed by atoms with Crippen LogP contribution in [0.4, 0.5) is 11.4 Å². The SMILES string of the molecule is COc1cccc(OC)c1/C(O)=C1\C(=O)C(=O)N(c2ccc(N3CCN(C)CC3)cc2)C1c1cccnc1. The first-order valence-electron chi connectivity index (χ1n) is 12.4. The number of carbonyl (C=O) groups is 2. The van der Waals surface area contributed by atoms with Crippen LogP contribution in [-0.4, -0.2) is 74.1 Å². The number of Topliss-reactive ketones (excluding diaryl/α,β-unsaturated/α-hetero) is 1. The summed E-state index contributed by atoms with van der Waals surface area (Å²) in [6.07, 6.45) is 3.21. The molecule has 1 aromatic heterocycles. The Morgan fingerprint density at radius 1 is 0.895 bits per heavy atom. The number of aromatic nitrogens is 1. The van der Waals surface area contributed by atoms with E-state index in [-0.39, 0.29) is 16.9 Å². The molecule has 2 fully saturated rings. The van der Waals surface area contributed by atoms with E-state index in [2.05, 4.69) is 21.8 Å². The molecule has 0 aliphatic carbocycles. The first kappa shape index (κ1) is 25.3. The lowest BCUT2D eigenvalue weighted by atomic mass is 9.95. The van der Waals surface area contributed by atoms with Crippen LogP contribution >= 0.6 is 0 Å². The van der Waals surface area contributed by atoms with Crippen LogP contribution < -0.4 is 19.3 Å². The largest absolute Gasteiger partial charge is 0.506 e. The first-order valence-corrected chi connectivity index (χ1v) is 12.4. The van der Waals surface area contributed by atoms with Gasteiger partial charge in [0.1, 0.15) is 22.8 Å². The molecule has 5 rings (SSSR count). The van der Waals surface area contributed by atoms with E-state index in [1.807, 2.05) is 24.3 Å². The van der Waals surface area contributed by atoms with Crippen molar-refractivity contribution in [1.82, 2.24) is 9.88 Å². The number of ketones is 1. The summed E-state index contributed by atoms with van der Waals surface area (Å²) >= 11 is 0. The van der Waals surface area contributed by atoms with Crippen LogP contribution in [0.1, 0.15) is 17.2 Å². The Balaban J connectivity index is 1.62. The number of hydrogen-bond acceptors (Lipinski definition) is 8. The van der Waals surface area contributed by atoms with Gasteiger partial charge in [-0.05, 0) is 55.1 Å². The molecule has 1 unspecified atom stereocenters. The number of carbonyl (C=O) groups excluding carboxylic acids is 2. The second-order valence-electron chi connectivity index (χ2n) is 9.30. The lowest BCUT2D eigenvalue weighted by Crippen LogP contribution is -2.44. The Labute approximate surface area is 221 Å². The van der Waals surface area contributed by atoms with Gasteiger partial charge < -0.3 is 24.4 Å². The fourth-order valence-electron chi connectivity index (χ4n) is 5.06. The van der Waals surface area contributed by atoms with Crippen LogP contribution in [-0.2, 0) is 9.59 Å². The molecule has 38 heavy (non-hydrogen) atoms. The van der Waals surface area contributed by atoms with Gasteiger partial charge in [0.05, 0.1) is 25.8 Å². The lowest BCUT2D eigenvalue weighted by Gasteiger charge is -2.34. The summed E-state index contributed by atoms with van der Waals surface area (Å²) in [5.41, 5.74) is 2.33. The Kier molecular flexibility index (Phi) is 7.02. The molecule has 0 saturated carbocycles. The molecule has 9 nitrogen and oxygen atoms in total. The van der Waals surface area contributed by atoms with Crippen molar-refractivity contribution in [2.45, 2.75) is 6.04 Å². The summed E-state index contributed by atoms with van der Waals surface area (Å²) in [4.78, 5) is 37.2. The molecular weight excluding hydrogens is 484 g/mol. The van der Waals surface area contributed by atoms with Crippen molar-refractivity contribution < 1.29 is 24.2 Å². The number of benzene rings is 2. The van der Waals surface area contributed by atoms with Crippen molar-refractivity contribution in [2.24, 2.45) is 0 Å². The number of likely N-dealkylation sites (N-methyl/N-ethyl adjacent to an activating group) is 1. The number of aliphatic hydroxyl groups is 1. The van der Waals surface area contributed by atoms with Crippen molar-refractivity contribution in [1.29, 1.82) is 0 Å². The summed E-state index contributed by atoms with van der Waals surface area (Å²) < 4.78 is 10.9. The van der Waals surface area contributed by atoms with Crippen molar-refractivity contribution in [3.05, 3.63) is 83.7 Å². The van der Waals surface area contributed by atoms with Crippen molar-refractivity contribution in [3.63, 3.8) is 0 Å². The van der Waals surface area contributed by atoms with E-state index in [4.69, 9.17) is 9.47 Å². The fourth-order valence-corrected chi connectivity index (χ4v) is 5.06. The van der Waals surface area contributed by atoms with Crippen LogP contribution in [0.3, 0.4) is 0 Å². The van der Waals surface area contributed by atoms with Gasteiger partial charge in [-0.15, -0.1) is 0 Å². The fraction of sp³-hybridized carbons (Fsp3) is 0.276. The molecule has 0 bridgehead atoms. The summed E-state index contributed by atoms with van der Waals surface area (Å²) in [5, 5.41) is 11.6. The normalized spacial score (nSPS) is 19.6. The summed E-state index contributed by atoms with van der Waals surface area (Å²) in [7, 11) is 5.03. The third-order valence-electron chi connectivity index (χ3n) is 7.11. The van der Waals surface area contributed by atoms with E-state index < -0.39 is 17.7 Å². The molecule has 196 valence electrons. The van der Waals surface area contributed by atoms with Gasteiger partial charge in [-0.3, -0.25) is 19.5 Å². The Morgan fingerprint density at radius 3 is 2.11 bits per heavy atom. The second-order valence-corrected chi connectivity index (χ2v) is 9.30. The van der Waals surface area contributed by atoms with Crippen LogP contribution in [0, 0.1) is 0 Å². The number of ether oxygens (including phenoxy) is 2. The number of methoxy groups -OCH3 is 2. The average molecular weight is 515 g/mol. The predicted octanol–water partition coefficient (Wildman–Crippen LogP) is 3.48. The molecule has 9 heteroatoms. The summed E-state index contributed by atoms with van der Waals surface area (Å²) in [6.45, 7) is 3.78. The molecule has 0 spiro atoms. The molecule has 2 saturated heterocycles. The highest BCUT2D eigenvalue weighted by atomic mass is 16.5. The maximum atomic E-state index is 13.5. The molecule has 3 heterocycles. The zero-order valence-corrected chi connectivity index (χ0v) is 21.6. The number of piperazine rings is 1. The minimum Gasteiger partial charge on any atom is -0.506 e. The molecule has 1 N–H and O–H groups in total. The number of aliphatic hydroxyl groups excluding tert-OH is 1. The van der Waals surface area contributed by atoms with E-state index in [1.165, 1.54) is 19.1 Å². The Hall–Kier alpha value is -4.37. The molecular formula is C29H30N4O5. The summed E-state index contributed by atoms with van der Waals surface area (Å²) in [5.74, 6) is -1.28. The van der Waals surface area contributed by atoms with E-state index in [0.29, 0.717) is 22.7 Å². The van der Waals surface area contributed by atoms with Gasteiger partial charge in [0.15, 0.2) is 0 Å². The van der Waals surface area contributed by atoms with Gasteiger partial charge >= 0.3 is 0 Å². The molecule has 2 aliphatic heterocycles. The number of hydrogen-bond donors (Lipinski definition) is 1. The summed E-state index contributed by atoms with van der Waals surface area (Å²) in [6, 6.07) is 15.2. The van der Waals surface area contributed by atoms with Gasteiger partial charge in [-0.25, -0.2) is 0 Å². The first-order chi connectivity index (χ1) is 18.4. The van der Waals surface area contributed by atoms with Crippen molar-refractivity contribution in [3.8, 4) is 11.5 Å². The number of nitrogens with zero attached hydrogens (tertiary/aromatic N) is 4. The topological polar surface area (TPSA) is 95.4 Å². The van der Waals surface area contributed by atoms with E-state index >= 15 is 0 Å². The number of anilines is 2. The molecule has 3 aromatic rings. The van der Waals surface area contributed by atoms with Gasteiger partial charge in [-0.1, -0.05) is 12.1 Å². The smallest absolute Gasteiger partial charge is 0.300 e. The minimum absolute atomic E-state index is 0.0612. The molecule has 2 aliphatic rings. The lowest BCUT2D eigenvalue weighted by molar-refractivity contribution is -0.132. The number of rotatable bonds is 6. The highest BCUT2D eigenvalue weighted by Gasteiger charge is 2.47. The van der Waals surface area contributed by atoms with Gasteiger partial charge in [0.2, 0.25) is 0 Å². The van der Waals surface area contributed by atoms with Gasteiger partial charge in [-0.2, -0.15) is 0 Å². The molecule has 1 amide bonds. The number of pyridine rings is 1. The molecule has 0 radical (unpaired) electrons. The van der Waals surface area contributed by atoms with Gasteiger partial charge in [0.25, 0.3) is 11.7 Å². The third-order valence-corrected chi connectivity index (χ3v) is 7.11. The maximum absolute atomic E-state index is 13.5. The number of amides is 1. The second kappa shape index (κ2) is 10.5. The quantitative estimate of drug-likeness (QED) is 0.304. The average Bonchev–Trinajstić information content (AvgIpc) is 3.23. The zero-order valence-electron chi connectivity index (χ0n) is 21.6. The maximum Gasteiger partial charge on any atom is 0.300 e. The minimum atomic E-state index is -0.896. The van der Waals surface area contributed by atoms with Crippen molar-refractivity contribution >= 4 is 28.8 Å². The van der Waals surface area contributed by atoms with Crippen LogP contribution in [0.5, 0.6) is 11.5 Å². The highest BCUT2D eigenvalue weighted by Crippen LogP contribution is 2.45. The monoisotopic (exact) mass is 514 g/mol. The van der Waals surface area contributed by atoms with E-state index in [0.717, 1.165) is 31.9 Å². The highest BCUT2D eigenvalue weighted by molar-refractivity contribution is 6.51. The van der Waals surface area contributed by atoms with E-state index in [9.17, 15) is 14.7 Å². The molecule has 1 atom stereocenters. The van der Waals surface area contributed by atoms with Crippen LogP contribution in [0.15, 0.2) is 72.6 Å².